The summed E-state index contributed by atoms with van der Waals surface area (Å²) in [5, 5.41) is 14.2. The normalized spacial score (nSPS) is 10.1. The number of halogens is 1. The van der Waals surface area contributed by atoms with Crippen LogP contribution in [-0.4, -0.2) is 17.9 Å². The lowest BCUT2D eigenvalue weighted by Crippen LogP contribution is -2.13. The van der Waals surface area contributed by atoms with Gasteiger partial charge in [-0.15, -0.1) is 0 Å². The first-order chi connectivity index (χ1) is 10.4. The minimum Gasteiger partial charge on any atom is -0.490 e. The van der Waals surface area contributed by atoms with Gasteiger partial charge in [0.15, 0.2) is 5.75 Å². The van der Waals surface area contributed by atoms with E-state index in [0.29, 0.717) is 10.7 Å². The van der Waals surface area contributed by atoms with Crippen LogP contribution in [0, 0.1) is 17.0 Å². The van der Waals surface area contributed by atoms with Gasteiger partial charge in [0.05, 0.1) is 12.0 Å². The van der Waals surface area contributed by atoms with Gasteiger partial charge in [0.2, 0.25) is 0 Å². The van der Waals surface area contributed by atoms with Crippen molar-refractivity contribution in [1.29, 1.82) is 0 Å². The standard InChI is InChI=1S/C15H13ClN2O4/c1-9-7-11(16)4-5-12(9)17-15(19)10-3-6-14(22-2)13(8-10)18(20)21/h3-8H,1-2H3,(H,17,19). The fourth-order valence-electron chi connectivity index (χ4n) is 1.94. The molecule has 6 nitrogen and oxygen atoms in total. The Bertz CT molecular complexity index is 746. The van der Waals surface area contributed by atoms with Crippen LogP contribution in [0.4, 0.5) is 11.4 Å². The van der Waals surface area contributed by atoms with Crippen LogP contribution in [0.25, 0.3) is 0 Å². The molecular weight excluding hydrogens is 308 g/mol. The molecule has 0 saturated heterocycles. The molecule has 0 heterocycles. The molecule has 2 rings (SSSR count). The maximum absolute atomic E-state index is 12.2. The molecule has 114 valence electrons. The Morgan fingerprint density at radius 2 is 2.00 bits per heavy atom. The number of rotatable bonds is 4. The van der Waals surface area contributed by atoms with Gasteiger partial charge in [-0.2, -0.15) is 0 Å². The summed E-state index contributed by atoms with van der Waals surface area (Å²) in [7, 11) is 1.33. The van der Waals surface area contributed by atoms with E-state index in [2.05, 4.69) is 5.32 Å². The van der Waals surface area contributed by atoms with Crippen molar-refractivity contribution in [3.05, 3.63) is 62.7 Å². The van der Waals surface area contributed by atoms with Gasteiger partial charge in [0.25, 0.3) is 5.91 Å². The van der Waals surface area contributed by atoms with Crippen molar-refractivity contribution < 1.29 is 14.5 Å². The summed E-state index contributed by atoms with van der Waals surface area (Å²) in [6.45, 7) is 1.80. The van der Waals surface area contributed by atoms with E-state index in [4.69, 9.17) is 16.3 Å². The molecule has 2 aromatic rings. The van der Waals surface area contributed by atoms with E-state index in [9.17, 15) is 14.9 Å². The zero-order valence-electron chi connectivity index (χ0n) is 11.9. The Labute approximate surface area is 131 Å². The number of nitrogens with zero attached hydrogens (tertiary/aromatic N) is 1. The van der Waals surface area contributed by atoms with Gasteiger partial charge in [0, 0.05) is 22.3 Å². The van der Waals surface area contributed by atoms with Crippen molar-refractivity contribution in [2.24, 2.45) is 0 Å². The second-order valence-corrected chi connectivity index (χ2v) is 4.99. The number of hydrogen-bond acceptors (Lipinski definition) is 4. The van der Waals surface area contributed by atoms with Crippen molar-refractivity contribution >= 4 is 28.9 Å². The summed E-state index contributed by atoms with van der Waals surface area (Å²) >= 11 is 5.86. The molecule has 0 radical (unpaired) electrons. The van der Waals surface area contributed by atoms with Crippen LogP contribution in [-0.2, 0) is 0 Å². The number of benzene rings is 2. The first-order valence-electron chi connectivity index (χ1n) is 6.32. The molecule has 0 unspecified atom stereocenters. The number of carbonyl (C=O) groups excluding carboxylic acids is 1. The molecule has 0 fully saturated rings. The first kappa shape index (κ1) is 15.8. The minimum atomic E-state index is -0.594. The Kier molecular flexibility index (Phi) is 4.62. The molecule has 0 bridgehead atoms. The predicted molar refractivity (Wildman–Crippen MR) is 83.8 cm³/mol. The highest BCUT2D eigenvalue weighted by molar-refractivity contribution is 6.30. The molecule has 0 saturated carbocycles. The van der Waals surface area contributed by atoms with E-state index in [1.54, 1.807) is 25.1 Å². The fourth-order valence-corrected chi connectivity index (χ4v) is 2.16. The van der Waals surface area contributed by atoms with Crippen LogP contribution in [0.15, 0.2) is 36.4 Å². The van der Waals surface area contributed by atoms with Crippen LogP contribution in [0.3, 0.4) is 0 Å². The maximum Gasteiger partial charge on any atom is 0.311 e. The van der Waals surface area contributed by atoms with Crippen LogP contribution in [0.2, 0.25) is 5.02 Å². The summed E-state index contributed by atoms with van der Waals surface area (Å²) in [5.74, 6) is -0.347. The quantitative estimate of drug-likeness (QED) is 0.686. The summed E-state index contributed by atoms with van der Waals surface area (Å²) < 4.78 is 4.90. The largest absolute Gasteiger partial charge is 0.490 e. The van der Waals surface area contributed by atoms with Gasteiger partial charge < -0.3 is 10.1 Å². The smallest absolute Gasteiger partial charge is 0.311 e. The molecule has 1 N–H and O–H groups in total. The molecule has 7 heteroatoms. The van der Waals surface area contributed by atoms with Crippen molar-refractivity contribution in [3.8, 4) is 5.75 Å². The Balaban J connectivity index is 2.30. The average Bonchev–Trinajstić information content (AvgIpc) is 2.49. The second kappa shape index (κ2) is 6.44. The minimum absolute atomic E-state index is 0.101. The maximum atomic E-state index is 12.2. The number of nitrogens with one attached hydrogen (secondary N) is 1. The van der Waals surface area contributed by atoms with Gasteiger partial charge in [-0.05, 0) is 42.8 Å². The highest BCUT2D eigenvalue weighted by atomic mass is 35.5. The molecule has 0 spiro atoms. The third-order valence-corrected chi connectivity index (χ3v) is 3.31. The lowest BCUT2D eigenvalue weighted by molar-refractivity contribution is -0.385. The summed E-state index contributed by atoms with van der Waals surface area (Å²) in [6.07, 6.45) is 0. The fraction of sp³-hybridized carbons (Fsp3) is 0.133. The van der Waals surface area contributed by atoms with Crippen LogP contribution in [0.5, 0.6) is 5.75 Å². The zero-order chi connectivity index (χ0) is 16.3. The van der Waals surface area contributed by atoms with Gasteiger partial charge in [-0.3, -0.25) is 14.9 Å². The van der Waals surface area contributed by atoms with Crippen LogP contribution < -0.4 is 10.1 Å². The highest BCUT2D eigenvalue weighted by Crippen LogP contribution is 2.28. The van der Waals surface area contributed by atoms with E-state index >= 15 is 0 Å². The highest BCUT2D eigenvalue weighted by Gasteiger charge is 2.18. The van der Waals surface area contributed by atoms with E-state index in [1.807, 2.05) is 0 Å². The van der Waals surface area contributed by atoms with Crippen molar-refractivity contribution in [2.75, 3.05) is 12.4 Å². The lowest BCUT2D eigenvalue weighted by atomic mass is 10.1. The van der Waals surface area contributed by atoms with Gasteiger partial charge in [-0.1, -0.05) is 11.6 Å². The number of nitro benzene ring substituents is 1. The molecule has 22 heavy (non-hydrogen) atoms. The topological polar surface area (TPSA) is 81.5 Å². The molecule has 0 atom stereocenters. The third-order valence-electron chi connectivity index (χ3n) is 3.07. The average molecular weight is 321 g/mol. The summed E-state index contributed by atoms with van der Waals surface area (Å²) in [4.78, 5) is 22.6. The van der Waals surface area contributed by atoms with E-state index in [-0.39, 0.29) is 17.0 Å². The van der Waals surface area contributed by atoms with Crippen LogP contribution >= 0.6 is 11.6 Å². The number of amides is 1. The number of ether oxygens (including phenoxy) is 1. The van der Waals surface area contributed by atoms with Crippen molar-refractivity contribution in [2.45, 2.75) is 6.92 Å². The summed E-state index contributed by atoms with van der Waals surface area (Å²) in [5.41, 5.74) is 1.29. The van der Waals surface area contributed by atoms with E-state index in [1.165, 1.54) is 25.3 Å². The number of carbonyl (C=O) groups is 1. The second-order valence-electron chi connectivity index (χ2n) is 4.56. The Morgan fingerprint density at radius 1 is 1.27 bits per heavy atom. The molecule has 2 aromatic carbocycles. The number of anilines is 1. The molecular formula is C15H13ClN2O4. The first-order valence-corrected chi connectivity index (χ1v) is 6.70. The Morgan fingerprint density at radius 3 is 2.59 bits per heavy atom. The molecule has 0 aliphatic rings. The SMILES string of the molecule is COc1ccc(C(=O)Nc2ccc(Cl)cc2C)cc1[N+](=O)[O-]. The number of hydrogen-bond donors (Lipinski definition) is 1. The van der Waals surface area contributed by atoms with Crippen molar-refractivity contribution in [1.82, 2.24) is 0 Å². The number of nitro groups is 1. The number of methoxy groups -OCH3 is 1. The predicted octanol–water partition coefficient (Wildman–Crippen LogP) is 3.82. The van der Waals surface area contributed by atoms with Gasteiger partial charge in [0.1, 0.15) is 0 Å². The van der Waals surface area contributed by atoms with Gasteiger partial charge in [-0.25, -0.2) is 0 Å². The molecule has 1 amide bonds. The molecule has 0 aliphatic carbocycles. The monoisotopic (exact) mass is 320 g/mol. The third kappa shape index (κ3) is 3.35. The van der Waals surface area contributed by atoms with E-state index < -0.39 is 10.8 Å². The molecule has 0 aliphatic heterocycles. The Hall–Kier alpha value is -2.60. The zero-order valence-corrected chi connectivity index (χ0v) is 12.7. The summed E-state index contributed by atoms with van der Waals surface area (Å²) in [6, 6.07) is 9.08. The van der Waals surface area contributed by atoms with Crippen molar-refractivity contribution in [3.63, 3.8) is 0 Å². The van der Waals surface area contributed by atoms with Crippen LogP contribution in [0.1, 0.15) is 15.9 Å². The number of aryl methyl sites for hydroxylation is 1. The molecule has 0 aromatic heterocycles. The van der Waals surface area contributed by atoms with E-state index in [0.717, 1.165) is 5.56 Å². The van der Waals surface area contributed by atoms with Gasteiger partial charge >= 0.3 is 5.69 Å². The lowest BCUT2D eigenvalue weighted by Gasteiger charge is -2.09.